The van der Waals surface area contributed by atoms with Gasteiger partial charge in [-0.3, -0.25) is 4.90 Å². The van der Waals surface area contributed by atoms with E-state index in [0.717, 1.165) is 17.9 Å². The lowest BCUT2D eigenvalue weighted by Gasteiger charge is -2.37. The molecule has 1 aromatic carbocycles. The van der Waals surface area contributed by atoms with E-state index in [4.69, 9.17) is 0 Å². The molecule has 1 heterocycles. The Bertz CT molecular complexity index is 372. The third-order valence-electron chi connectivity index (χ3n) is 3.35. The minimum Gasteiger partial charge on any atom is -0.312 e. The zero-order valence-electron chi connectivity index (χ0n) is 10.3. The molecule has 2 unspecified atom stereocenters. The van der Waals surface area contributed by atoms with E-state index >= 15 is 0 Å². The van der Waals surface area contributed by atoms with Crippen molar-refractivity contribution in [3.8, 4) is 0 Å². The van der Waals surface area contributed by atoms with Crippen LogP contribution in [0.2, 0.25) is 0 Å². The summed E-state index contributed by atoms with van der Waals surface area (Å²) in [6, 6.07) is 7.54. The van der Waals surface area contributed by atoms with Gasteiger partial charge in [0.1, 0.15) is 5.82 Å². The summed E-state index contributed by atoms with van der Waals surface area (Å²) in [5, 5.41) is 3.32. The van der Waals surface area contributed by atoms with E-state index in [0.29, 0.717) is 6.04 Å². The molecule has 1 aromatic rings. The SMILES string of the molecule is CNC(c1cccc(F)c1)C1CSCCN1C. The molecule has 0 saturated carbocycles. The molecule has 0 amide bonds. The van der Waals surface area contributed by atoms with Crippen LogP contribution >= 0.6 is 11.8 Å². The van der Waals surface area contributed by atoms with E-state index in [-0.39, 0.29) is 11.9 Å². The number of hydrogen-bond acceptors (Lipinski definition) is 3. The van der Waals surface area contributed by atoms with Crippen LogP contribution in [0.1, 0.15) is 11.6 Å². The van der Waals surface area contributed by atoms with Gasteiger partial charge in [0.15, 0.2) is 0 Å². The summed E-state index contributed by atoms with van der Waals surface area (Å²) in [5.41, 5.74) is 1.03. The number of benzene rings is 1. The first-order chi connectivity index (χ1) is 8.22. The maximum absolute atomic E-state index is 13.3. The van der Waals surface area contributed by atoms with Crippen LogP contribution in [0.3, 0.4) is 0 Å². The molecule has 1 fully saturated rings. The van der Waals surface area contributed by atoms with Gasteiger partial charge in [-0.1, -0.05) is 12.1 Å². The number of nitrogens with zero attached hydrogens (tertiary/aromatic N) is 1. The van der Waals surface area contributed by atoms with Crippen LogP contribution < -0.4 is 5.32 Å². The standard InChI is InChI=1S/C13H19FN2S/c1-15-13(10-4-3-5-11(14)8-10)12-9-17-7-6-16(12)2/h3-5,8,12-13,15H,6-7,9H2,1-2H3. The molecule has 0 aromatic heterocycles. The van der Waals surface area contributed by atoms with Crippen molar-refractivity contribution < 1.29 is 4.39 Å². The fraction of sp³-hybridized carbons (Fsp3) is 0.538. The monoisotopic (exact) mass is 254 g/mol. The molecule has 1 saturated heterocycles. The molecule has 2 nitrogen and oxygen atoms in total. The summed E-state index contributed by atoms with van der Waals surface area (Å²) >= 11 is 1.97. The zero-order valence-corrected chi connectivity index (χ0v) is 11.1. The van der Waals surface area contributed by atoms with Gasteiger partial charge in [0.2, 0.25) is 0 Å². The summed E-state index contributed by atoms with van der Waals surface area (Å²) in [5.74, 6) is 2.12. The Balaban J connectivity index is 2.20. The maximum Gasteiger partial charge on any atom is 0.123 e. The summed E-state index contributed by atoms with van der Waals surface area (Å²) < 4.78 is 13.3. The number of thioether (sulfide) groups is 1. The van der Waals surface area contributed by atoms with Gasteiger partial charge in [0, 0.05) is 30.1 Å². The quantitative estimate of drug-likeness (QED) is 0.889. The van der Waals surface area contributed by atoms with Gasteiger partial charge >= 0.3 is 0 Å². The Morgan fingerprint density at radius 3 is 3.00 bits per heavy atom. The molecule has 1 aliphatic rings. The second kappa shape index (κ2) is 5.85. The van der Waals surface area contributed by atoms with Gasteiger partial charge in [-0.2, -0.15) is 11.8 Å². The van der Waals surface area contributed by atoms with Crippen molar-refractivity contribution in [2.24, 2.45) is 0 Å². The van der Waals surface area contributed by atoms with Crippen LogP contribution in [0, 0.1) is 5.82 Å². The van der Waals surface area contributed by atoms with Crippen LogP contribution in [0.4, 0.5) is 4.39 Å². The first kappa shape index (κ1) is 12.9. The lowest BCUT2D eigenvalue weighted by atomic mass is 9.99. The molecule has 4 heteroatoms. The molecule has 1 N–H and O–H groups in total. The molecule has 2 atom stereocenters. The van der Waals surface area contributed by atoms with Gasteiger partial charge in [-0.05, 0) is 31.8 Å². The average molecular weight is 254 g/mol. The molecule has 2 rings (SSSR count). The minimum absolute atomic E-state index is 0.158. The second-order valence-corrected chi connectivity index (χ2v) is 5.59. The summed E-state index contributed by atoms with van der Waals surface area (Å²) in [6.07, 6.45) is 0. The highest BCUT2D eigenvalue weighted by Gasteiger charge is 2.28. The topological polar surface area (TPSA) is 15.3 Å². The fourth-order valence-corrected chi connectivity index (χ4v) is 3.61. The van der Waals surface area contributed by atoms with Crippen molar-refractivity contribution in [1.82, 2.24) is 10.2 Å². The number of halogens is 1. The van der Waals surface area contributed by atoms with Gasteiger partial charge in [-0.15, -0.1) is 0 Å². The molecule has 0 bridgehead atoms. The minimum atomic E-state index is -0.158. The second-order valence-electron chi connectivity index (χ2n) is 4.44. The Kier molecular flexibility index (Phi) is 4.42. The normalized spacial score (nSPS) is 23.6. The summed E-state index contributed by atoms with van der Waals surface area (Å²) in [6.45, 7) is 1.10. The number of nitrogens with one attached hydrogen (secondary N) is 1. The largest absolute Gasteiger partial charge is 0.312 e. The van der Waals surface area contributed by atoms with E-state index in [1.165, 1.54) is 11.8 Å². The van der Waals surface area contributed by atoms with Crippen molar-refractivity contribution in [3.05, 3.63) is 35.6 Å². The van der Waals surface area contributed by atoms with E-state index in [1.54, 1.807) is 12.1 Å². The zero-order chi connectivity index (χ0) is 12.3. The Morgan fingerprint density at radius 2 is 2.35 bits per heavy atom. The molecular weight excluding hydrogens is 235 g/mol. The molecule has 94 valence electrons. The average Bonchev–Trinajstić information content (AvgIpc) is 2.33. The third kappa shape index (κ3) is 3.00. The van der Waals surface area contributed by atoms with E-state index in [1.807, 2.05) is 24.9 Å². The Morgan fingerprint density at radius 1 is 1.53 bits per heavy atom. The van der Waals surface area contributed by atoms with Crippen LogP contribution in [-0.4, -0.2) is 43.1 Å². The highest BCUT2D eigenvalue weighted by Crippen LogP contribution is 2.26. The van der Waals surface area contributed by atoms with Crippen LogP contribution in [0.25, 0.3) is 0 Å². The van der Waals surface area contributed by atoms with E-state index < -0.39 is 0 Å². The number of rotatable bonds is 3. The van der Waals surface area contributed by atoms with Crippen LogP contribution in [0.15, 0.2) is 24.3 Å². The van der Waals surface area contributed by atoms with Crippen molar-refractivity contribution in [3.63, 3.8) is 0 Å². The number of hydrogen-bond donors (Lipinski definition) is 1. The first-order valence-corrected chi connectivity index (χ1v) is 7.08. The first-order valence-electron chi connectivity index (χ1n) is 5.93. The molecular formula is C13H19FN2S. The van der Waals surface area contributed by atoms with Crippen molar-refractivity contribution in [2.75, 3.05) is 32.1 Å². The highest BCUT2D eigenvalue weighted by atomic mass is 32.2. The van der Waals surface area contributed by atoms with Crippen molar-refractivity contribution >= 4 is 11.8 Å². The molecule has 17 heavy (non-hydrogen) atoms. The summed E-state index contributed by atoms with van der Waals surface area (Å²) in [4.78, 5) is 2.36. The Hall–Kier alpha value is -0.580. The van der Waals surface area contributed by atoms with Crippen LogP contribution in [-0.2, 0) is 0 Å². The van der Waals surface area contributed by atoms with Crippen LogP contribution in [0.5, 0.6) is 0 Å². The number of likely N-dealkylation sites (N-methyl/N-ethyl adjacent to an activating group) is 2. The van der Waals surface area contributed by atoms with Gasteiger partial charge < -0.3 is 5.32 Å². The van der Waals surface area contributed by atoms with Crippen molar-refractivity contribution in [2.45, 2.75) is 12.1 Å². The smallest absolute Gasteiger partial charge is 0.123 e. The molecule has 0 spiro atoms. The van der Waals surface area contributed by atoms with Gasteiger partial charge in [0.25, 0.3) is 0 Å². The lowest BCUT2D eigenvalue weighted by Crippen LogP contribution is -2.47. The van der Waals surface area contributed by atoms with Crippen molar-refractivity contribution in [1.29, 1.82) is 0 Å². The van der Waals surface area contributed by atoms with E-state index in [2.05, 4.69) is 17.3 Å². The lowest BCUT2D eigenvalue weighted by molar-refractivity contribution is 0.221. The predicted octanol–water partition coefficient (Wildman–Crippen LogP) is 2.13. The fourth-order valence-electron chi connectivity index (χ4n) is 2.34. The summed E-state index contributed by atoms with van der Waals surface area (Å²) in [7, 11) is 4.09. The Labute approximate surface area is 107 Å². The predicted molar refractivity (Wildman–Crippen MR) is 71.9 cm³/mol. The van der Waals surface area contributed by atoms with Gasteiger partial charge in [-0.25, -0.2) is 4.39 Å². The third-order valence-corrected chi connectivity index (χ3v) is 4.40. The molecule has 0 radical (unpaired) electrons. The maximum atomic E-state index is 13.3. The highest BCUT2D eigenvalue weighted by molar-refractivity contribution is 7.99. The van der Waals surface area contributed by atoms with Gasteiger partial charge in [0.05, 0.1) is 0 Å². The van der Waals surface area contributed by atoms with E-state index in [9.17, 15) is 4.39 Å². The molecule has 0 aliphatic carbocycles. The molecule has 1 aliphatic heterocycles.